The number of benzene rings is 1. The molecule has 28 heavy (non-hydrogen) atoms. The molecule has 0 bridgehead atoms. The lowest BCUT2D eigenvalue weighted by Gasteiger charge is -2.20. The minimum atomic E-state index is -0.0838. The van der Waals surface area contributed by atoms with Crippen LogP contribution in [-0.2, 0) is 24.0 Å². The Hall–Kier alpha value is -2.73. The van der Waals surface area contributed by atoms with E-state index in [1.54, 1.807) is 0 Å². The second kappa shape index (κ2) is 7.36. The van der Waals surface area contributed by atoms with Gasteiger partial charge in [0.25, 0.3) is 5.91 Å². The standard InChI is InChI=1S/C22H24N4O2/c27-22(21-17-6-2-4-8-19(17)25-26-21)24-20-13-28-12-15(20)11-14-9-10-23-18-7-3-1-5-16(14)18/h1,3,5,7,9-10,15,20H,2,4,6,8,11-13H2,(H,24,27)(H,25,26)/t15-,20+/m1/s1. The van der Waals surface area contributed by atoms with Gasteiger partial charge in [-0.2, -0.15) is 5.10 Å². The van der Waals surface area contributed by atoms with Crippen molar-refractivity contribution in [1.82, 2.24) is 20.5 Å². The lowest BCUT2D eigenvalue weighted by molar-refractivity contribution is 0.0919. The van der Waals surface area contributed by atoms with E-state index in [-0.39, 0.29) is 17.9 Å². The fourth-order valence-electron chi connectivity index (χ4n) is 4.48. The molecule has 1 fully saturated rings. The topological polar surface area (TPSA) is 79.9 Å². The van der Waals surface area contributed by atoms with E-state index in [1.165, 1.54) is 10.9 Å². The predicted octanol–water partition coefficient (Wildman–Crippen LogP) is 2.82. The van der Waals surface area contributed by atoms with E-state index in [2.05, 4.69) is 32.6 Å². The number of nitrogens with one attached hydrogen (secondary N) is 2. The summed E-state index contributed by atoms with van der Waals surface area (Å²) in [6.45, 7) is 1.20. The Labute approximate surface area is 163 Å². The molecule has 1 aliphatic heterocycles. The fourth-order valence-corrected chi connectivity index (χ4v) is 4.48. The number of aryl methyl sites for hydroxylation is 1. The van der Waals surface area contributed by atoms with Crippen LogP contribution in [0.4, 0.5) is 0 Å². The number of aromatic nitrogens is 3. The van der Waals surface area contributed by atoms with Crippen molar-refractivity contribution in [1.29, 1.82) is 0 Å². The van der Waals surface area contributed by atoms with Gasteiger partial charge in [-0.1, -0.05) is 18.2 Å². The van der Waals surface area contributed by atoms with Crippen molar-refractivity contribution in [3.05, 3.63) is 59.0 Å². The number of pyridine rings is 1. The predicted molar refractivity (Wildman–Crippen MR) is 106 cm³/mol. The molecule has 0 saturated carbocycles. The van der Waals surface area contributed by atoms with Crippen molar-refractivity contribution < 1.29 is 9.53 Å². The number of aromatic amines is 1. The molecule has 1 aromatic carbocycles. The Bertz CT molecular complexity index is 1010. The van der Waals surface area contributed by atoms with Gasteiger partial charge in [-0.25, -0.2) is 0 Å². The molecule has 5 rings (SSSR count). The van der Waals surface area contributed by atoms with Crippen LogP contribution in [0, 0.1) is 5.92 Å². The number of ether oxygens (including phenoxy) is 1. The molecule has 6 nitrogen and oxygen atoms in total. The Morgan fingerprint density at radius 3 is 3.04 bits per heavy atom. The molecule has 2 aromatic heterocycles. The molecular formula is C22H24N4O2. The first-order valence-corrected chi connectivity index (χ1v) is 10.1. The minimum Gasteiger partial charge on any atom is -0.379 e. The molecule has 2 N–H and O–H groups in total. The third-order valence-electron chi connectivity index (χ3n) is 6.01. The van der Waals surface area contributed by atoms with Crippen LogP contribution in [0.3, 0.4) is 0 Å². The van der Waals surface area contributed by atoms with Crippen LogP contribution in [0.5, 0.6) is 0 Å². The number of nitrogens with zero attached hydrogens (tertiary/aromatic N) is 2. The number of hydrogen-bond acceptors (Lipinski definition) is 4. The summed E-state index contributed by atoms with van der Waals surface area (Å²) in [4.78, 5) is 17.3. The maximum atomic E-state index is 12.9. The van der Waals surface area contributed by atoms with Gasteiger partial charge in [-0.3, -0.25) is 14.9 Å². The van der Waals surface area contributed by atoms with Gasteiger partial charge in [0, 0.05) is 28.8 Å². The highest BCUT2D eigenvalue weighted by Crippen LogP contribution is 2.25. The van der Waals surface area contributed by atoms with E-state index in [4.69, 9.17) is 4.74 Å². The normalized spacial score (nSPS) is 21.6. The fraction of sp³-hybridized carbons (Fsp3) is 0.409. The highest BCUT2D eigenvalue weighted by atomic mass is 16.5. The number of fused-ring (bicyclic) bond motifs is 2. The first-order valence-electron chi connectivity index (χ1n) is 10.1. The molecule has 144 valence electrons. The molecule has 2 aliphatic rings. The number of hydrogen-bond donors (Lipinski definition) is 2. The average molecular weight is 376 g/mol. The van der Waals surface area contributed by atoms with Gasteiger partial charge in [0.1, 0.15) is 0 Å². The molecule has 3 aromatic rings. The number of carbonyl (C=O) groups is 1. The zero-order valence-electron chi connectivity index (χ0n) is 15.8. The summed E-state index contributed by atoms with van der Waals surface area (Å²) in [6.07, 6.45) is 6.91. The number of carbonyl (C=O) groups excluding carboxylic acids is 1. The first-order chi connectivity index (χ1) is 13.8. The van der Waals surface area contributed by atoms with Crippen LogP contribution in [0.15, 0.2) is 36.5 Å². The van der Waals surface area contributed by atoms with Gasteiger partial charge in [0.2, 0.25) is 0 Å². The van der Waals surface area contributed by atoms with Crippen LogP contribution >= 0.6 is 0 Å². The van der Waals surface area contributed by atoms with Crippen molar-refractivity contribution in [2.45, 2.75) is 38.1 Å². The Balaban J connectivity index is 1.33. The lowest BCUT2D eigenvalue weighted by Crippen LogP contribution is -2.41. The number of para-hydroxylation sites is 1. The van der Waals surface area contributed by atoms with E-state index in [9.17, 15) is 4.79 Å². The van der Waals surface area contributed by atoms with E-state index in [0.717, 1.165) is 48.9 Å². The summed E-state index contributed by atoms with van der Waals surface area (Å²) >= 11 is 0. The summed E-state index contributed by atoms with van der Waals surface area (Å²) in [7, 11) is 0. The van der Waals surface area contributed by atoms with Gasteiger partial charge in [0.05, 0.1) is 24.8 Å². The van der Waals surface area contributed by atoms with Crippen molar-refractivity contribution in [3.8, 4) is 0 Å². The summed E-state index contributed by atoms with van der Waals surface area (Å²) in [6, 6.07) is 10.3. The number of rotatable bonds is 4. The molecule has 3 heterocycles. The minimum absolute atomic E-state index is 0.00429. The largest absolute Gasteiger partial charge is 0.379 e. The van der Waals surface area contributed by atoms with Gasteiger partial charge >= 0.3 is 0 Å². The Morgan fingerprint density at radius 2 is 2.07 bits per heavy atom. The zero-order valence-corrected chi connectivity index (χ0v) is 15.8. The zero-order chi connectivity index (χ0) is 18.9. The van der Waals surface area contributed by atoms with E-state index in [1.807, 2.05) is 24.4 Å². The number of amides is 1. The van der Waals surface area contributed by atoms with Crippen molar-refractivity contribution in [2.75, 3.05) is 13.2 Å². The molecule has 0 spiro atoms. The molecule has 0 radical (unpaired) electrons. The molecule has 1 amide bonds. The summed E-state index contributed by atoms with van der Waals surface area (Å²) in [5.74, 6) is 0.156. The van der Waals surface area contributed by atoms with Gasteiger partial charge < -0.3 is 10.1 Å². The van der Waals surface area contributed by atoms with Crippen LogP contribution in [0.1, 0.15) is 40.2 Å². The SMILES string of the molecule is O=C(N[C@H]1COC[C@H]1Cc1ccnc2ccccc12)c1n[nH]c2c1CCCC2. The monoisotopic (exact) mass is 376 g/mol. The Kier molecular flexibility index (Phi) is 4.56. The maximum Gasteiger partial charge on any atom is 0.272 e. The smallest absolute Gasteiger partial charge is 0.272 e. The third-order valence-corrected chi connectivity index (χ3v) is 6.01. The molecule has 1 saturated heterocycles. The molecular weight excluding hydrogens is 352 g/mol. The van der Waals surface area contributed by atoms with Crippen LogP contribution in [-0.4, -0.2) is 40.3 Å². The first kappa shape index (κ1) is 17.4. The van der Waals surface area contributed by atoms with Crippen LogP contribution < -0.4 is 5.32 Å². The second-order valence-corrected chi connectivity index (χ2v) is 7.81. The van der Waals surface area contributed by atoms with Crippen molar-refractivity contribution in [2.24, 2.45) is 5.92 Å². The van der Waals surface area contributed by atoms with E-state index < -0.39 is 0 Å². The van der Waals surface area contributed by atoms with E-state index in [0.29, 0.717) is 18.9 Å². The average Bonchev–Trinajstić information content (AvgIpc) is 3.35. The summed E-state index contributed by atoms with van der Waals surface area (Å²) < 4.78 is 5.73. The van der Waals surface area contributed by atoms with Crippen molar-refractivity contribution >= 4 is 16.8 Å². The maximum absolute atomic E-state index is 12.9. The molecule has 6 heteroatoms. The summed E-state index contributed by atoms with van der Waals surface area (Å²) in [5, 5.41) is 11.7. The molecule has 1 aliphatic carbocycles. The highest BCUT2D eigenvalue weighted by molar-refractivity contribution is 5.94. The van der Waals surface area contributed by atoms with Gasteiger partial charge in [-0.15, -0.1) is 0 Å². The van der Waals surface area contributed by atoms with Gasteiger partial charge in [-0.05, 0) is 49.8 Å². The molecule has 2 atom stereocenters. The van der Waals surface area contributed by atoms with Crippen LogP contribution in [0.2, 0.25) is 0 Å². The van der Waals surface area contributed by atoms with E-state index >= 15 is 0 Å². The molecule has 0 unspecified atom stereocenters. The van der Waals surface area contributed by atoms with Crippen molar-refractivity contribution in [3.63, 3.8) is 0 Å². The second-order valence-electron chi connectivity index (χ2n) is 7.81. The lowest BCUT2D eigenvalue weighted by atomic mass is 9.92. The van der Waals surface area contributed by atoms with Crippen LogP contribution in [0.25, 0.3) is 10.9 Å². The number of H-pyrrole nitrogens is 1. The summed E-state index contributed by atoms with van der Waals surface area (Å²) in [5.41, 5.74) is 5.04. The third kappa shape index (κ3) is 3.18. The Morgan fingerprint density at radius 1 is 1.18 bits per heavy atom. The highest BCUT2D eigenvalue weighted by Gasteiger charge is 2.32. The van der Waals surface area contributed by atoms with Gasteiger partial charge in [0.15, 0.2) is 5.69 Å². The quantitative estimate of drug-likeness (QED) is 0.734.